The van der Waals surface area contributed by atoms with Crippen molar-refractivity contribution in [3.8, 4) is 0 Å². The first-order valence-corrected chi connectivity index (χ1v) is 7.14. The van der Waals surface area contributed by atoms with Crippen molar-refractivity contribution in [2.24, 2.45) is 11.8 Å². The van der Waals surface area contributed by atoms with Gasteiger partial charge in [0.25, 0.3) is 0 Å². The fraction of sp³-hybridized carbons (Fsp3) is 0.846. The van der Waals surface area contributed by atoms with Crippen LogP contribution in [0.2, 0.25) is 0 Å². The second-order valence-electron chi connectivity index (χ2n) is 5.58. The topological polar surface area (TPSA) is 91.8 Å². The van der Waals surface area contributed by atoms with Gasteiger partial charge in [-0.2, -0.15) is 5.21 Å². The Kier molecular flexibility index (Phi) is 4.87. The number of aliphatic carboxylic acids is 1. The molecule has 0 radical (unpaired) electrons. The zero-order valence-corrected chi connectivity index (χ0v) is 11.4. The van der Waals surface area contributed by atoms with Crippen molar-refractivity contribution in [3.05, 3.63) is 5.82 Å². The molecule has 1 aromatic rings. The molecule has 2 unspecified atom stereocenters. The highest BCUT2D eigenvalue weighted by atomic mass is 16.4. The number of nitrogens with zero attached hydrogens (tertiary/aromatic N) is 3. The van der Waals surface area contributed by atoms with E-state index in [1.165, 1.54) is 32.1 Å². The number of nitrogens with one attached hydrogen (secondary N) is 1. The largest absolute Gasteiger partial charge is 0.481 e. The highest BCUT2D eigenvalue weighted by Gasteiger charge is 2.29. The number of aromatic nitrogens is 4. The molecule has 1 saturated carbocycles. The average Bonchev–Trinajstić information content (AvgIpc) is 2.93. The molecule has 106 valence electrons. The van der Waals surface area contributed by atoms with Crippen molar-refractivity contribution >= 4 is 5.97 Å². The molecule has 1 fully saturated rings. The molecule has 1 heterocycles. The third-order valence-corrected chi connectivity index (χ3v) is 4.30. The quantitative estimate of drug-likeness (QED) is 0.824. The lowest BCUT2D eigenvalue weighted by atomic mass is 9.81. The van der Waals surface area contributed by atoms with Crippen LogP contribution in [-0.2, 0) is 4.79 Å². The van der Waals surface area contributed by atoms with E-state index in [-0.39, 0.29) is 5.92 Å². The van der Waals surface area contributed by atoms with Gasteiger partial charge in [0, 0.05) is 5.92 Å². The first-order valence-electron chi connectivity index (χ1n) is 7.14. The molecular weight excluding hydrogens is 244 g/mol. The molecule has 1 aliphatic rings. The minimum absolute atomic E-state index is 0.195. The van der Waals surface area contributed by atoms with Gasteiger partial charge in [0.05, 0.1) is 5.92 Å². The molecule has 0 saturated heterocycles. The first-order chi connectivity index (χ1) is 9.18. The highest BCUT2D eigenvalue weighted by molar-refractivity contribution is 5.71. The van der Waals surface area contributed by atoms with Gasteiger partial charge in [-0.05, 0) is 18.8 Å². The van der Waals surface area contributed by atoms with Crippen LogP contribution in [0.4, 0.5) is 0 Å². The van der Waals surface area contributed by atoms with Crippen LogP contribution in [0, 0.1) is 11.8 Å². The van der Waals surface area contributed by atoms with Crippen LogP contribution in [0.1, 0.15) is 63.6 Å². The maximum Gasteiger partial charge on any atom is 0.307 e. The number of carboxylic acid groups (broad SMARTS) is 1. The van der Waals surface area contributed by atoms with Crippen LogP contribution >= 0.6 is 0 Å². The lowest BCUT2D eigenvalue weighted by molar-refractivity contribution is -0.142. The molecule has 2 rings (SSSR count). The van der Waals surface area contributed by atoms with Gasteiger partial charge in [-0.1, -0.05) is 44.2 Å². The lowest BCUT2D eigenvalue weighted by Gasteiger charge is -2.24. The van der Waals surface area contributed by atoms with Gasteiger partial charge in [0.1, 0.15) is 0 Å². The second-order valence-corrected chi connectivity index (χ2v) is 5.58. The van der Waals surface area contributed by atoms with E-state index in [0.29, 0.717) is 18.2 Å². The molecule has 2 atom stereocenters. The zero-order valence-electron chi connectivity index (χ0n) is 11.4. The van der Waals surface area contributed by atoms with Gasteiger partial charge in [-0.15, -0.1) is 10.2 Å². The molecular formula is C13H22N4O2. The molecule has 0 aromatic carbocycles. The Hall–Kier alpha value is -1.46. The first kappa shape index (κ1) is 14.0. The van der Waals surface area contributed by atoms with Crippen molar-refractivity contribution < 1.29 is 9.90 Å². The zero-order chi connectivity index (χ0) is 13.7. The summed E-state index contributed by atoms with van der Waals surface area (Å²) >= 11 is 0. The molecule has 1 aromatic heterocycles. The predicted molar refractivity (Wildman–Crippen MR) is 69.5 cm³/mol. The van der Waals surface area contributed by atoms with E-state index in [1.54, 1.807) is 0 Å². The number of H-pyrrole nitrogens is 1. The Balaban J connectivity index is 1.90. The summed E-state index contributed by atoms with van der Waals surface area (Å²) in [5.74, 6) is -0.170. The Morgan fingerprint density at radius 2 is 2.16 bits per heavy atom. The molecule has 2 N–H and O–H groups in total. The minimum atomic E-state index is -0.756. The normalized spacial score (nSPS) is 20.1. The van der Waals surface area contributed by atoms with Gasteiger partial charge >= 0.3 is 5.97 Å². The summed E-state index contributed by atoms with van der Waals surface area (Å²) in [5, 5.41) is 23.1. The van der Waals surface area contributed by atoms with E-state index in [1.807, 2.05) is 6.92 Å². The average molecular weight is 266 g/mol. The van der Waals surface area contributed by atoms with Crippen molar-refractivity contribution in [1.82, 2.24) is 20.6 Å². The summed E-state index contributed by atoms with van der Waals surface area (Å²) in [7, 11) is 0. The second kappa shape index (κ2) is 6.63. The maximum atomic E-state index is 11.4. The number of hydrogen-bond donors (Lipinski definition) is 2. The monoisotopic (exact) mass is 266 g/mol. The van der Waals surface area contributed by atoms with Crippen LogP contribution in [-0.4, -0.2) is 31.7 Å². The summed E-state index contributed by atoms with van der Waals surface area (Å²) < 4.78 is 0. The van der Waals surface area contributed by atoms with Crippen molar-refractivity contribution in [1.29, 1.82) is 0 Å². The Morgan fingerprint density at radius 1 is 1.42 bits per heavy atom. The SMILES string of the molecule is CC(c1nn[nH]n1)C(CCC1CCCCC1)C(=O)O. The fourth-order valence-corrected chi connectivity index (χ4v) is 3.02. The molecule has 0 amide bonds. The number of hydrogen-bond acceptors (Lipinski definition) is 4. The Labute approximate surface area is 113 Å². The molecule has 6 nitrogen and oxygen atoms in total. The lowest BCUT2D eigenvalue weighted by Crippen LogP contribution is -2.22. The number of rotatable bonds is 6. The molecule has 0 bridgehead atoms. The maximum absolute atomic E-state index is 11.4. The number of carbonyl (C=O) groups is 1. The van der Waals surface area contributed by atoms with E-state index in [2.05, 4.69) is 20.6 Å². The Bertz CT molecular complexity index is 387. The molecule has 19 heavy (non-hydrogen) atoms. The fourth-order valence-electron chi connectivity index (χ4n) is 3.02. The summed E-state index contributed by atoms with van der Waals surface area (Å²) in [6.45, 7) is 1.87. The molecule has 6 heteroatoms. The van der Waals surface area contributed by atoms with Crippen LogP contribution < -0.4 is 0 Å². The van der Waals surface area contributed by atoms with E-state index in [9.17, 15) is 9.90 Å². The Morgan fingerprint density at radius 3 is 2.74 bits per heavy atom. The van der Waals surface area contributed by atoms with Gasteiger partial charge in [0.15, 0.2) is 5.82 Å². The van der Waals surface area contributed by atoms with Gasteiger partial charge in [-0.3, -0.25) is 4.79 Å². The summed E-state index contributed by atoms with van der Waals surface area (Å²) in [5.41, 5.74) is 0. The summed E-state index contributed by atoms with van der Waals surface area (Å²) in [4.78, 5) is 11.4. The summed E-state index contributed by atoms with van der Waals surface area (Å²) in [6.07, 6.45) is 8.13. The van der Waals surface area contributed by atoms with E-state index < -0.39 is 11.9 Å². The van der Waals surface area contributed by atoms with Crippen molar-refractivity contribution in [2.45, 2.75) is 57.8 Å². The van der Waals surface area contributed by atoms with E-state index >= 15 is 0 Å². The molecule has 1 aliphatic carbocycles. The van der Waals surface area contributed by atoms with Crippen LogP contribution in [0.3, 0.4) is 0 Å². The van der Waals surface area contributed by atoms with Gasteiger partial charge in [-0.25, -0.2) is 0 Å². The van der Waals surface area contributed by atoms with Crippen LogP contribution in [0.25, 0.3) is 0 Å². The third-order valence-electron chi connectivity index (χ3n) is 4.30. The van der Waals surface area contributed by atoms with E-state index in [0.717, 1.165) is 6.42 Å². The van der Waals surface area contributed by atoms with Crippen LogP contribution in [0.5, 0.6) is 0 Å². The van der Waals surface area contributed by atoms with Crippen molar-refractivity contribution in [3.63, 3.8) is 0 Å². The smallest absolute Gasteiger partial charge is 0.307 e. The van der Waals surface area contributed by atoms with Crippen molar-refractivity contribution in [2.75, 3.05) is 0 Å². The van der Waals surface area contributed by atoms with Gasteiger partial charge in [0.2, 0.25) is 0 Å². The molecule has 0 spiro atoms. The number of carboxylic acids is 1. The minimum Gasteiger partial charge on any atom is -0.481 e. The number of tetrazole rings is 1. The number of aromatic amines is 1. The predicted octanol–water partition coefficient (Wildman–Crippen LogP) is 2.36. The third kappa shape index (κ3) is 3.75. The van der Waals surface area contributed by atoms with Gasteiger partial charge < -0.3 is 5.11 Å². The van der Waals surface area contributed by atoms with E-state index in [4.69, 9.17) is 0 Å². The molecule has 0 aliphatic heterocycles. The summed E-state index contributed by atoms with van der Waals surface area (Å²) in [6, 6.07) is 0. The standard InChI is InChI=1S/C13H22N4O2/c1-9(12-14-16-17-15-12)11(13(18)19)8-7-10-5-3-2-4-6-10/h9-11H,2-8H2,1H3,(H,18,19)(H,14,15,16,17). The highest BCUT2D eigenvalue weighted by Crippen LogP contribution is 2.32. The van der Waals surface area contributed by atoms with Crippen LogP contribution in [0.15, 0.2) is 0 Å².